The van der Waals surface area contributed by atoms with Crippen molar-refractivity contribution in [2.45, 2.75) is 6.92 Å². The summed E-state index contributed by atoms with van der Waals surface area (Å²) in [5, 5.41) is 1.88. The minimum Gasteiger partial charge on any atom is -0.301 e. The van der Waals surface area contributed by atoms with Gasteiger partial charge in [-0.3, -0.25) is 10.8 Å². The Morgan fingerprint density at radius 3 is 2.00 bits per heavy atom. The van der Waals surface area contributed by atoms with E-state index in [0.717, 1.165) is 32.7 Å². The molecule has 0 saturated carbocycles. The van der Waals surface area contributed by atoms with E-state index in [9.17, 15) is 0 Å². The highest BCUT2D eigenvalue weighted by molar-refractivity contribution is 4.88. The van der Waals surface area contributed by atoms with Gasteiger partial charge in [0.25, 0.3) is 0 Å². The molecule has 2 N–H and O–H groups in total. The van der Waals surface area contributed by atoms with Crippen LogP contribution in [-0.4, -0.2) is 47.6 Å². The second-order valence-electron chi connectivity index (χ2n) is 3.49. The quantitative estimate of drug-likeness (QED) is 0.686. The maximum absolute atomic E-state index is 5.56. The van der Waals surface area contributed by atoms with E-state index in [1.165, 1.54) is 0 Å². The van der Waals surface area contributed by atoms with E-state index in [0.29, 0.717) is 0 Å². The average Bonchev–Trinajstić information content (AvgIpc) is 2.33. The molecule has 15 heavy (non-hydrogen) atoms. The molecule has 84 valence electrons. The molecule has 1 aromatic rings. The SMILES string of the molecule is CCN1CCN(N)CC1.c1ccncc1. The van der Waals surface area contributed by atoms with Crippen molar-refractivity contribution in [1.82, 2.24) is 14.9 Å². The summed E-state index contributed by atoms with van der Waals surface area (Å²) in [6.45, 7) is 7.65. The molecule has 2 heterocycles. The normalized spacial score (nSPS) is 18.0. The summed E-state index contributed by atoms with van der Waals surface area (Å²) < 4.78 is 0. The van der Waals surface area contributed by atoms with Crippen molar-refractivity contribution in [2.24, 2.45) is 5.84 Å². The summed E-state index contributed by atoms with van der Waals surface area (Å²) in [6.07, 6.45) is 3.50. The largest absolute Gasteiger partial charge is 0.301 e. The van der Waals surface area contributed by atoms with Crippen LogP contribution in [-0.2, 0) is 0 Å². The molecule has 1 fully saturated rings. The topological polar surface area (TPSA) is 45.4 Å². The van der Waals surface area contributed by atoms with Gasteiger partial charge in [0, 0.05) is 38.6 Å². The number of likely N-dealkylation sites (N-methyl/N-ethyl adjacent to an activating group) is 1. The fourth-order valence-electron chi connectivity index (χ4n) is 1.39. The predicted octanol–water partition coefficient (Wildman–Crippen LogP) is 0.579. The van der Waals surface area contributed by atoms with Crippen LogP contribution in [0, 0.1) is 0 Å². The first-order chi connectivity index (χ1) is 7.33. The van der Waals surface area contributed by atoms with Crippen molar-refractivity contribution in [3.05, 3.63) is 30.6 Å². The lowest BCUT2D eigenvalue weighted by atomic mass is 10.3. The van der Waals surface area contributed by atoms with Crippen molar-refractivity contribution >= 4 is 0 Å². The summed E-state index contributed by atoms with van der Waals surface area (Å²) in [7, 11) is 0. The van der Waals surface area contributed by atoms with Crippen LogP contribution in [0.2, 0.25) is 0 Å². The molecular formula is C11H20N4. The van der Waals surface area contributed by atoms with Gasteiger partial charge in [-0.1, -0.05) is 13.0 Å². The Morgan fingerprint density at radius 2 is 1.67 bits per heavy atom. The van der Waals surface area contributed by atoms with Gasteiger partial charge in [-0.15, -0.1) is 0 Å². The van der Waals surface area contributed by atoms with Gasteiger partial charge in [-0.2, -0.15) is 0 Å². The zero-order valence-corrected chi connectivity index (χ0v) is 9.34. The Morgan fingerprint density at radius 1 is 1.07 bits per heavy atom. The van der Waals surface area contributed by atoms with Crippen LogP contribution in [0.15, 0.2) is 30.6 Å². The summed E-state index contributed by atoms with van der Waals surface area (Å²) in [6, 6.07) is 5.72. The number of piperazine rings is 1. The Balaban J connectivity index is 0.000000162. The van der Waals surface area contributed by atoms with Gasteiger partial charge in [-0.05, 0) is 18.7 Å². The molecule has 1 aliphatic heterocycles. The molecule has 4 nitrogen and oxygen atoms in total. The fraction of sp³-hybridized carbons (Fsp3) is 0.545. The molecule has 0 spiro atoms. The summed E-state index contributed by atoms with van der Waals surface area (Å²) in [4.78, 5) is 6.19. The maximum atomic E-state index is 5.56. The lowest BCUT2D eigenvalue weighted by Crippen LogP contribution is -2.49. The first-order valence-corrected chi connectivity index (χ1v) is 5.40. The molecule has 0 radical (unpaired) electrons. The van der Waals surface area contributed by atoms with Gasteiger partial charge in [0.15, 0.2) is 0 Å². The smallest absolute Gasteiger partial charge is 0.0267 e. The maximum Gasteiger partial charge on any atom is 0.0267 e. The summed E-state index contributed by atoms with van der Waals surface area (Å²) in [5.41, 5.74) is 0. The van der Waals surface area contributed by atoms with Gasteiger partial charge in [0.2, 0.25) is 0 Å². The van der Waals surface area contributed by atoms with Crippen LogP contribution >= 0.6 is 0 Å². The minimum atomic E-state index is 1.02. The number of rotatable bonds is 1. The van der Waals surface area contributed by atoms with E-state index in [-0.39, 0.29) is 0 Å². The molecular weight excluding hydrogens is 188 g/mol. The molecule has 0 unspecified atom stereocenters. The van der Waals surface area contributed by atoms with E-state index in [1.54, 1.807) is 12.4 Å². The number of hydrogen-bond donors (Lipinski definition) is 1. The van der Waals surface area contributed by atoms with Crippen molar-refractivity contribution in [3.8, 4) is 0 Å². The zero-order valence-electron chi connectivity index (χ0n) is 9.34. The molecule has 0 bridgehead atoms. The third kappa shape index (κ3) is 5.47. The van der Waals surface area contributed by atoms with E-state index in [1.807, 2.05) is 23.2 Å². The van der Waals surface area contributed by atoms with Crippen LogP contribution in [0.5, 0.6) is 0 Å². The summed E-state index contributed by atoms with van der Waals surface area (Å²) >= 11 is 0. The van der Waals surface area contributed by atoms with E-state index in [4.69, 9.17) is 5.84 Å². The highest BCUT2D eigenvalue weighted by atomic mass is 15.4. The monoisotopic (exact) mass is 208 g/mol. The van der Waals surface area contributed by atoms with Crippen molar-refractivity contribution < 1.29 is 0 Å². The first-order valence-electron chi connectivity index (χ1n) is 5.40. The minimum absolute atomic E-state index is 1.02. The molecule has 0 amide bonds. The lowest BCUT2D eigenvalue weighted by Gasteiger charge is -2.30. The first kappa shape index (κ1) is 12.1. The fourth-order valence-corrected chi connectivity index (χ4v) is 1.39. The number of hydrazine groups is 1. The van der Waals surface area contributed by atoms with Crippen molar-refractivity contribution in [1.29, 1.82) is 0 Å². The molecule has 0 aliphatic carbocycles. The van der Waals surface area contributed by atoms with E-state index < -0.39 is 0 Å². The number of hydrogen-bond acceptors (Lipinski definition) is 4. The molecule has 2 rings (SSSR count). The molecule has 1 aliphatic rings. The van der Waals surface area contributed by atoms with Crippen molar-refractivity contribution in [3.63, 3.8) is 0 Å². The predicted molar refractivity (Wildman–Crippen MR) is 62.1 cm³/mol. The van der Waals surface area contributed by atoms with Crippen LogP contribution in [0.4, 0.5) is 0 Å². The summed E-state index contributed by atoms with van der Waals surface area (Å²) in [5.74, 6) is 5.56. The van der Waals surface area contributed by atoms with Crippen LogP contribution in [0.3, 0.4) is 0 Å². The number of nitrogens with zero attached hydrogens (tertiary/aromatic N) is 3. The third-order valence-corrected chi connectivity index (χ3v) is 2.42. The highest BCUT2D eigenvalue weighted by Gasteiger charge is 2.10. The van der Waals surface area contributed by atoms with E-state index >= 15 is 0 Å². The van der Waals surface area contributed by atoms with E-state index in [2.05, 4.69) is 16.8 Å². The second-order valence-corrected chi connectivity index (χ2v) is 3.49. The third-order valence-electron chi connectivity index (χ3n) is 2.42. The lowest BCUT2D eigenvalue weighted by molar-refractivity contribution is 0.139. The Kier molecular flexibility index (Phi) is 5.92. The molecule has 1 saturated heterocycles. The van der Waals surface area contributed by atoms with Crippen LogP contribution in [0.1, 0.15) is 6.92 Å². The molecule has 0 aromatic carbocycles. The van der Waals surface area contributed by atoms with Gasteiger partial charge in [0.05, 0.1) is 0 Å². The molecule has 0 atom stereocenters. The van der Waals surface area contributed by atoms with Crippen LogP contribution < -0.4 is 5.84 Å². The standard InChI is InChI=1S/C6H15N3.C5H5N/c1-2-8-3-5-9(7)6-4-8;1-2-4-6-5-3-1/h2-7H2,1H3;1-5H. The van der Waals surface area contributed by atoms with Gasteiger partial charge < -0.3 is 4.90 Å². The van der Waals surface area contributed by atoms with Gasteiger partial charge in [-0.25, -0.2) is 5.01 Å². The Bertz CT molecular complexity index is 205. The average molecular weight is 208 g/mol. The number of aromatic nitrogens is 1. The number of nitrogens with two attached hydrogens (primary N) is 1. The van der Waals surface area contributed by atoms with Gasteiger partial charge in [0.1, 0.15) is 0 Å². The zero-order chi connectivity index (χ0) is 10.9. The van der Waals surface area contributed by atoms with Crippen LogP contribution in [0.25, 0.3) is 0 Å². The van der Waals surface area contributed by atoms with Crippen molar-refractivity contribution in [2.75, 3.05) is 32.7 Å². The second kappa shape index (κ2) is 7.34. The molecule has 1 aromatic heterocycles. The van der Waals surface area contributed by atoms with Gasteiger partial charge >= 0.3 is 0 Å². The Labute approximate surface area is 91.7 Å². The number of pyridine rings is 1. The highest BCUT2D eigenvalue weighted by Crippen LogP contribution is 1.94. The Hall–Kier alpha value is -0.970. The molecule has 4 heteroatoms.